The van der Waals surface area contributed by atoms with Gasteiger partial charge in [-0.2, -0.15) is 0 Å². The highest BCUT2D eigenvalue weighted by Crippen LogP contribution is 2.32. The minimum atomic E-state index is -0.106. The summed E-state index contributed by atoms with van der Waals surface area (Å²) in [6.07, 6.45) is 1.74. The number of nitrogens with zero attached hydrogens (tertiary/aromatic N) is 1. The monoisotopic (exact) mass is 430 g/mol. The van der Waals surface area contributed by atoms with Crippen molar-refractivity contribution in [3.8, 4) is 5.75 Å². The molecule has 3 nitrogen and oxygen atoms in total. The molecule has 1 aliphatic heterocycles. The van der Waals surface area contributed by atoms with Gasteiger partial charge in [0, 0.05) is 0 Å². The van der Waals surface area contributed by atoms with Crippen LogP contribution in [0.5, 0.6) is 5.75 Å². The summed E-state index contributed by atoms with van der Waals surface area (Å²) >= 11 is 0. The molecule has 5 rings (SSSR count). The third kappa shape index (κ3) is 4.79. The lowest BCUT2D eigenvalue weighted by Gasteiger charge is -2.16. The molecule has 2 atom stereocenters. The van der Waals surface area contributed by atoms with Crippen LogP contribution in [0.2, 0.25) is 0 Å². The fourth-order valence-electron chi connectivity index (χ4n) is 4.07. The van der Waals surface area contributed by atoms with E-state index in [0.717, 1.165) is 33.7 Å². The molecule has 0 amide bonds. The lowest BCUT2D eigenvalue weighted by Crippen LogP contribution is -2.23. The summed E-state index contributed by atoms with van der Waals surface area (Å²) in [4.78, 5) is 5.08. The number of hydrogen-bond donors (Lipinski definition) is 1. The van der Waals surface area contributed by atoms with Crippen molar-refractivity contribution in [3.63, 3.8) is 0 Å². The smallest absolute Gasteiger partial charge is 0.126 e. The first-order valence-corrected chi connectivity index (χ1v) is 11.2. The molecule has 3 heteroatoms. The van der Waals surface area contributed by atoms with Gasteiger partial charge in [-0.25, -0.2) is 0 Å². The molecule has 0 bridgehead atoms. The molecule has 2 unspecified atom stereocenters. The molecule has 1 N–H and O–H groups in total. The van der Waals surface area contributed by atoms with Gasteiger partial charge in [-0.3, -0.25) is 10.3 Å². The van der Waals surface area contributed by atoms with Crippen LogP contribution in [0, 0.1) is 0 Å². The Bertz CT molecular complexity index is 1230. The lowest BCUT2D eigenvalue weighted by molar-refractivity contribution is 0.306. The summed E-state index contributed by atoms with van der Waals surface area (Å²) in [6, 6.07) is 37.4. The number of aliphatic imine (C=N–C) groups is 1. The van der Waals surface area contributed by atoms with Crippen molar-refractivity contribution in [1.29, 1.82) is 0 Å². The highest BCUT2D eigenvalue weighted by Gasteiger charge is 2.30. The fraction of sp³-hybridized carbons (Fsp3) is 0.100. The molecule has 4 aromatic rings. The molecule has 33 heavy (non-hydrogen) atoms. The molecule has 0 fully saturated rings. The SMILES string of the molecule is C=Cc1ccc(COc2ccc(C3N=C(c4ccccc4)C(c4ccccc4)N3)cc2)cc1. The quantitative estimate of drug-likeness (QED) is 0.352. The molecule has 0 spiro atoms. The molecule has 1 heterocycles. The van der Waals surface area contributed by atoms with E-state index in [9.17, 15) is 0 Å². The van der Waals surface area contributed by atoms with Crippen molar-refractivity contribution < 1.29 is 4.74 Å². The van der Waals surface area contributed by atoms with Crippen molar-refractivity contribution in [3.05, 3.63) is 144 Å². The summed E-state index contributed by atoms with van der Waals surface area (Å²) in [7, 11) is 0. The van der Waals surface area contributed by atoms with Gasteiger partial charge in [0.15, 0.2) is 0 Å². The van der Waals surface area contributed by atoms with Gasteiger partial charge in [0.05, 0.1) is 11.8 Å². The Balaban J connectivity index is 1.33. The Morgan fingerprint density at radius 2 is 1.42 bits per heavy atom. The van der Waals surface area contributed by atoms with Crippen LogP contribution in [0.15, 0.2) is 121 Å². The predicted octanol–water partition coefficient (Wildman–Crippen LogP) is 6.74. The van der Waals surface area contributed by atoms with Gasteiger partial charge in [0.1, 0.15) is 18.5 Å². The third-order valence-electron chi connectivity index (χ3n) is 5.89. The Morgan fingerprint density at radius 3 is 2.09 bits per heavy atom. The molecule has 4 aromatic carbocycles. The van der Waals surface area contributed by atoms with Gasteiger partial charge in [-0.05, 0) is 39.9 Å². The summed E-state index contributed by atoms with van der Waals surface area (Å²) in [5.41, 5.74) is 6.77. The largest absolute Gasteiger partial charge is 0.489 e. The van der Waals surface area contributed by atoms with Crippen LogP contribution in [0.3, 0.4) is 0 Å². The zero-order chi connectivity index (χ0) is 22.5. The zero-order valence-electron chi connectivity index (χ0n) is 18.4. The number of ether oxygens (including phenoxy) is 1. The number of benzene rings is 4. The average molecular weight is 431 g/mol. The standard InChI is InChI=1S/C30H26N2O/c1-2-22-13-15-23(16-14-22)21-33-27-19-17-26(18-20-27)30-31-28(24-9-5-3-6-10-24)29(32-30)25-11-7-4-8-12-25/h2-20,28,30-31H,1,21H2. The molecule has 1 aliphatic rings. The topological polar surface area (TPSA) is 33.6 Å². The molecular weight excluding hydrogens is 404 g/mol. The van der Waals surface area contributed by atoms with E-state index in [1.807, 2.05) is 42.5 Å². The molecule has 162 valence electrons. The minimum absolute atomic E-state index is 0.0491. The van der Waals surface area contributed by atoms with Gasteiger partial charge in [-0.15, -0.1) is 0 Å². The van der Waals surface area contributed by atoms with Gasteiger partial charge < -0.3 is 4.74 Å². The van der Waals surface area contributed by atoms with Crippen LogP contribution in [0.25, 0.3) is 6.08 Å². The van der Waals surface area contributed by atoms with Crippen molar-refractivity contribution in [1.82, 2.24) is 5.32 Å². The van der Waals surface area contributed by atoms with E-state index in [1.165, 1.54) is 5.56 Å². The van der Waals surface area contributed by atoms with Gasteiger partial charge in [-0.1, -0.05) is 110 Å². The van der Waals surface area contributed by atoms with Crippen molar-refractivity contribution in [2.45, 2.75) is 18.8 Å². The Kier molecular flexibility index (Phi) is 6.14. The van der Waals surface area contributed by atoms with E-state index < -0.39 is 0 Å². The fourth-order valence-corrected chi connectivity index (χ4v) is 4.07. The first-order valence-electron chi connectivity index (χ1n) is 11.2. The van der Waals surface area contributed by atoms with Crippen LogP contribution >= 0.6 is 0 Å². The summed E-state index contributed by atoms with van der Waals surface area (Å²) in [6.45, 7) is 4.33. The minimum Gasteiger partial charge on any atom is -0.489 e. The number of nitrogens with one attached hydrogen (secondary N) is 1. The first-order chi connectivity index (χ1) is 16.3. The van der Waals surface area contributed by atoms with Crippen molar-refractivity contribution in [2.24, 2.45) is 4.99 Å². The van der Waals surface area contributed by atoms with E-state index in [4.69, 9.17) is 9.73 Å². The van der Waals surface area contributed by atoms with Crippen LogP contribution in [-0.2, 0) is 6.61 Å². The maximum absolute atomic E-state index is 5.98. The van der Waals surface area contributed by atoms with E-state index in [-0.39, 0.29) is 12.2 Å². The second kappa shape index (κ2) is 9.68. The third-order valence-corrected chi connectivity index (χ3v) is 5.89. The van der Waals surface area contributed by atoms with Gasteiger partial charge in [0.2, 0.25) is 0 Å². The first kappa shape index (κ1) is 20.9. The van der Waals surface area contributed by atoms with Gasteiger partial charge in [0.25, 0.3) is 0 Å². The van der Waals surface area contributed by atoms with Crippen LogP contribution < -0.4 is 10.1 Å². The Morgan fingerprint density at radius 1 is 0.758 bits per heavy atom. The van der Waals surface area contributed by atoms with E-state index in [1.54, 1.807) is 0 Å². The van der Waals surface area contributed by atoms with E-state index in [0.29, 0.717) is 6.61 Å². The maximum atomic E-state index is 5.98. The predicted molar refractivity (Wildman–Crippen MR) is 135 cm³/mol. The second-order valence-corrected chi connectivity index (χ2v) is 8.10. The average Bonchev–Trinajstić information content (AvgIpc) is 3.35. The van der Waals surface area contributed by atoms with Crippen LogP contribution in [0.4, 0.5) is 0 Å². The lowest BCUT2D eigenvalue weighted by atomic mass is 9.97. The number of rotatable bonds is 7. The summed E-state index contributed by atoms with van der Waals surface area (Å²) in [5.74, 6) is 0.844. The van der Waals surface area contributed by atoms with Gasteiger partial charge >= 0.3 is 0 Å². The Hall–Kier alpha value is -3.95. The molecular formula is C30H26N2O. The van der Waals surface area contributed by atoms with Crippen LogP contribution in [0.1, 0.15) is 40.0 Å². The molecule has 0 aliphatic carbocycles. The molecule has 0 saturated heterocycles. The molecule has 0 aromatic heterocycles. The summed E-state index contributed by atoms with van der Waals surface area (Å²) in [5, 5.41) is 3.71. The highest BCUT2D eigenvalue weighted by molar-refractivity contribution is 6.06. The normalized spacial score (nSPS) is 17.4. The van der Waals surface area contributed by atoms with E-state index in [2.05, 4.69) is 84.7 Å². The number of hydrogen-bond acceptors (Lipinski definition) is 3. The van der Waals surface area contributed by atoms with Crippen molar-refractivity contribution in [2.75, 3.05) is 0 Å². The highest BCUT2D eigenvalue weighted by atomic mass is 16.5. The molecule has 0 radical (unpaired) electrons. The van der Waals surface area contributed by atoms with Crippen molar-refractivity contribution >= 4 is 11.8 Å². The zero-order valence-corrected chi connectivity index (χ0v) is 18.4. The molecule has 0 saturated carbocycles. The second-order valence-electron chi connectivity index (χ2n) is 8.10. The Labute approximate surface area is 195 Å². The van der Waals surface area contributed by atoms with Crippen LogP contribution in [-0.4, -0.2) is 5.71 Å². The van der Waals surface area contributed by atoms with E-state index >= 15 is 0 Å². The maximum Gasteiger partial charge on any atom is 0.126 e. The summed E-state index contributed by atoms with van der Waals surface area (Å²) < 4.78 is 5.98.